The van der Waals surface area contributed by atoms with Gasteiger partial charge in [-0.2, -0.15) is 0 Å². The molecular formula is C86H59N9. The highest BCUT2D eigenvalue weighted by atomic mass is 15.2. The first kappa shape index (κ1) is 54.3. The summed E-state index contributed by atoms with van der Waals surface area (Å²) in [7, 11) is 0. The normalized spacial score (nSPS) is 12.0. The Balaban J connectivity index is 1.21. The molecule has 0 saturated heterocycles. The van der Waals surface area contributed by atoms with Gasteiger partial charge < -0.3 is 18.3 Å². The van der Waals surface area contributed by atoms with Gasteiger partial charge in [0.15, 0.2) is 17.5 Å². The average Bonchev–Trinajstić information content (AvgIpc) is 1.60. The van der Waals surface area contributed by atoms with E-state index in [0.717, 1.165) is 160 Å². The summed E-state index contributed by atoms with van der Waals surface area (Å²) >= 11 is 0. The largest absolute Gasteiger partial charge is 0.306 e. The highest BCUT2D eigenvalue weighted by Crippen LogP contribution is 2.55. The predicted molar refractivity (Wildman–Crippen MR) is 393 cm³/mol. The summed E-state index contributed by atoms with van der Waals surface area (Å²) < 4.78 is 12.6. The van der Waals surface area contributed by atoms with Gasteiger partial charge in [0.2, 0.25) is 0 Å². The first-order chi connectivity index (χ1) is 46.8. The van der Waals surface area contributed by atoms with Gasteiger partial charge in [0, 0.05) is 59.9 Å². The maximum atomic E-state index is 6.12. The minimum absolute atomic E-state index is 0.465. The van der Waals surface area contributed by atoms with Crippen LogP contribution in [-0.2, 0) is 0 Å². The Labute approximate surface area is 547 Å². The van der Waals surface area contributed by atoms with Crippen LogP contribution < -0.4 is 0 Å². The van der Waals surface area contributed by atoms with Gasteiger partial charge in [-0.05, 0) is 125 Å². The number of rotatable bonds is 9. The van der Waals surface area contributed by atoms with Crippen LogP contribution in [0.25, 0.3) is 172 Å². The van der Waals surface area contributed by atoms with Gasteiger partial charge in [0.1, 0.15) is 5.82 Å². The van der Waals surface area contributed by atoms with Gasteiger partial charge in [0.05, 0.1) is 89.0 Å². The van der Waals surface area contributed by atoms with Crippen LogP contribution in [0, 0.1) is 27.7 Å². The molecule has 0 aliphatic heterocycles. The third kappa shape index (κ3) is 8.22. The minimum Gasteiger partial charge on any atom is -0.306 e. The molecule has 6 aromatic heterocycles. The van der Waals surface area contributed by atoms with Gasteiger partial charge in [-0.25, -0.2) is 19.9 Å². The molecule has 19 aromatic rings. The highest BCUT2D eigenvalue weighted by Gasteiger charge is 2.39. The Morgan fingerprint density at radius 1 is 0.221 bits per heavy atom. The first-order valence-corrected chi connectivity index (χ1v) is 32.5. The molecule has 9 heteroatoms. The van der Waals surface area contributed by atoms with Crippen molar-refractivity contribution >= 4 is 98.3 Å². The van der Waals surface area contributed by atoms with Crippen LogP contribution in [0.3, 0.4) is 0 Å². The third-order valence-electron chi connectivity index (χ3n) is 19.3. The molecule has 0 atom stereocenters. The number of aromatic nitrogens is 9. The molecule has 19 rings (SSSR count). The Morgan fingerprint density at radius 2 is 0.526 bits per heavy atom. The van der Waals surface area contributed by atoms with E-state index in [1.807, 2.05) is 12.1 Å². The maximum Gasteiger partial charge on any atom is 0.167 e. The SMILES string of the molecule is Cc1ccc2c(c1)c1ccccc1n2-c1c(-c2nc(-c3ccccc3)nc(-c3ccccc3)n2)c(-c2nc3ccccc3n2-c2ccccc2)c(-n2c3ccccc3c3cc(C)ccc32)c(-n2c3ccccc3c3cc(C)ccc32)c1-n1c2ccccc2c2cc(C)ccc21. The molecule has 13 aromatic carbocycles. The Kier molecular flexibility index (Phi) is 12.0. The standard InChI is InChI=1S/C86H59N9/c1-52-40-44-72-63(48-52)59-30-14-19-35-68(59)92(72)79-77(85-89-83(56-24-8-5-9-25-56)88-84(90-85)57-26-10-6-11-27-57)78(86-87-67-34-18-23-39-76(67)91(86)58-28-12-7-13-29-58)80(93-69-36-20-15-31-60(69)64-49-53(2)41-45-73(64)93)82(95-71-38-22-17-33-62(71)66-51-55(4)43-47-75(66)95)81(79)94-70-37-21-16-32-61(70)65-50-54(3)42-46-74(65)94/h5-51H,1-4H3. The van der Waals surface area contributed by atoms with E-state index >= 15 is 0 Å². The van der Waals surface area contributed by atoms with Crippen molar-refractivity contribution in [3.8, 4) is 74.0 Å². The van der Waals surface area contributed by atoms with Gasteiger partial charge in [-0.15, -0.1) is 0 Å². The molecule has 0 aliphatic carbocycles. The van der Waals surface area contributed by atoms with E-state index < -0.39 is 0 Å². The fourth-order valence-electron chi connectivity index (χ4n) is 15.3. The quantitative estimate of drug-likeness (QED) is 0.144. The molecular weight excluding hydrogens is 1160 g/mol. The molecule has 0 amide bonds. The second kappa shape index (κ2) is 21.0. The van der Waals surface area contributed by atoms with Crippen LogP contribution in [0.5, 0.6) is 0 Å². The van der Waals surface area contributed by atoms with Crippen LogP contribution in [-0.4, -0.2) is 42.8 Å². The summed E-state index contributed by atoms with van der Waals surface area (Å²) in [5.74, 6) is 2.23. The summed E-state index contributed by atoms with van der Waals surface area (Å²) in [6.45, 7) is 8.79. The molecule has 0 N–H and O–H groups in total. The summed E-state index contributed by atoms with van der Waals surface area (Å²) in [5.41, 5.74) is 22.4. The lowest BCUT2D eigenvalue weighted by Gasteiger charge is -2.31. The van der Waals surface area contributed by atoms with E-state index in [1.54, 1.807) is 0 Å². The van der Waals surface area contributed by atoms with Crippen molar-refractivity contribution in [2.45, 2.75) is 27.7 Å². The molecule has 0 bridgehead atoms. The lowest BCUT2D eigenvalue weighted by atomic mass is 9.95. The molecule has 448 valence electrons. The first-order valence-electron chi connectivity index (χ1n) is 32.5. The number of benzene rings is 13. The van der Waals surface area contributed by atoms with Crippen molar-refractivity contribution < 1.29 is 0 Å². The monoisotopic (exact) mass is 1220 g/mol. The lowest BCUT2D eigenvalue weighted by molar-refractivity contribution is 1.00. The molecule has 0 saturated carbocycles. The summed E-state index contributed by atoms with van der Waals surface area (Å²) in [6.07, 6.45) is 0. The van der Waals surface area contributed by atoms with Gasteiger partial charge >= 0.3 is 0 Å². The van der Waals surface area contributed by atoms with Crippen LogP contribution in [0.1, 0.15) is 22.3 Å². The van der Waals surface area contributed by atoms with Gasteiger partial charge in [0.25, 0.3) is 0 Å². The van der Waals surface area contributed by atoms with E-state index in [0.29, 0.717) is 23.3 Å². The highest BCUT2D eigenvalue weighted by molar-refractivity contribution is 6.19. The minimum atomic E-state index is 0.465. The summed E-state index contributed by atoms with van der Waals surface area (Å²) in [5, 5.41) is 9.01. The number of hydrogen-bond donors (Lipinski definition) is 0. The Morgan fingerprint density at radius 3 is 0.926 bits per heavy atom. The fraction of sp³-hybridized carbons (Fsp3) is 0.0465. The molecule has 0 aliphatic rings. The molecule has 95 heavy (non-hydrogen) atoms. The maximum absolute atomic E-state index is 6.12. The second-order valence-corrected chi connectivity index (χ2v) is 25.3. The Bertz CT molecular complexity index is 6320. The summed E-state index contributed by atoms with van der Waals surface area (Å²) in [6, 6.07) is 104. The molecule has 0 unspecified atom stereocenters. The second-order valence-electron chi connectivity index (χ2n) is 25.3. The number of nitrogens with zero attached hydrogens (tertiary/aromatic N) is 9. The van der Waals surface area contributed by atoms with Crippen LogP contribution in [0.2, 0.25) is 0 Å². The van der Waals surface area contributed by atoms with E-state index in [4.69, 9.17) is 19.9 Å². The fourth-order valence-corrected chi connectivity index (χ4v) is 15.3. The molecule has 6 heterocycles. The van der Waals surface area contributed by atoms with E-state index in [9.17, 15) is 0 Å². The van der Waals surface area contributed by atoms with E-state index in [-0.39, 0.29) is 0 Å². The topological polar surface area (TPSA) is 76.2 Å². The molecule has 0 radical (unpaired) electrons. The zero-order valence-electron chi connectivity index (χ0n) is 52.7. The predicted octanol–water partition coefficient (Wildman–Crippen LogP) is 21.5. The van der Waals surface area contributed by atoms with E-state index in [1.165, 1.54) is 11.1 Å². The zero-order valence-corrected chi connectivity index (χ0v) is 52.7. The molecule has 0 fully saturated rings. The molecule has 9 nitrogen and oxygen atoms in total. The molecule has 0 spiro atoms. The number of fused-ring (bicyclic) bond motifs is 13. The van der Waals surface area contributed by atoms with Crippen LogP contribution in [0.15, 0.2) is 285 Å². The van der Waals surface area contributed by atoms with Crippen LogP contribution >= 0.6 is 0 Å². The van der Waals surface area contributed by atoms with Crippen molar-refractivity contribution in [2.24, 2.45) is 0 Å². The van der Waals surface area contributed by atoms with E-state index in [2.05, 4.69) is 324 Å². The zero-order chi connectivity index (χ0) is 63.2. The van der Waals surface area contributed by atoms with Crippen molar-refractivity contribution in [1.29, 1.82) is 0 Å². The lowest BCUT2D eigenvalue weighted by Crippen LogP contribution is -2.18. The van der Waals surface area contributed by atoms with Crippen LogP contribution in [0.4, 0.5) is 0 Å². The van der Waals surface area contributed by atoms with Crippen molar-refractivity contribution in [3.63, 3.8) is 0 Å². The summed E-state index contributed by atoms with van der Waals surface area (Å²) in [4.78, 5) is 23.6. The smallest absolute Gasteiger partial charge is 0.167 e. The average molecular weight is 1220 g/mol. The Hall–Kier alpha value is -12.5. The number of hydrogen-bond acceptors (Lipinski definition) is 4. The van der Waals surface area contributed by atoms with Crippen molar-refractivity contribution in [2.75, 3.05) is 0 Å². The number of para-hydroxylation sites is 7. The number of aryl methyl sites for hydroxylation is 4. The van der Waals surface area contributed by atoms with Gasteiger partial charge in [-0.1, -0.05) is 210 Å². The third-order valence-corrected chi connectivity index (χ3v) is 19.3. The number of imidazole rings is 1. The van der Waals surface area contributed by atoms with Crippen molar-refractivity contribution in [1.82, 2.24) is 42.8 Å². The van der Waals surface area contributed by atoms with Crippen molar-refractivity contribution in [3.05, 3.63) is 307 Å². The van der Waals surface area contributed by atoms with Gasteiger partial charge in [-0.3, -0.25) is 4.57 Å².